The van der Waals surface area contributed by atoms with Crippen LogP contribution in [0, 0.1) is 0 Å². The molecule has 1 aromatic carbocycles. The number of hydrogen-bond acceptors (Lipinski definition) is 2. The van der Waals surface area contributed by atoms with Gasteiger partial charge in [0.05, 0.1) is 0 Å². The van der Waals surface area contributed by atoms with Crippen molar-refractivity contribution in [2.75, 3.05) is 6.61 Å². The molecule has 1 aromatic rings. The standard InChI is InChI=1S/C6H7O2P.C4H10O.Ti/c7-9(8)6-4-2-1-3-5-6;1-2-3-4-5;/h1-5,9H,(H,7,8);5H,2-4H2,1H3;. The smallest absolute Gasteiger partial charge is 0.218 e. The van der Waals surface area contributed by atoms with Crippen LogP contribution in [0.3, 0.4) is 0 Å². The molecule has 0 heterocycles. The van der Waals surface area contributed by atoms with Gasteiger partial charge in [-0.3, -0.25) is 4.57 Å². The van der Waals surface area contributed by atoms with E-state index in [4.69, 9.17) is 10.00 Å². The number of aliphatic hydroxyl groups excluding tert-OH is 1. The van der Waals surface area contributed by atoms with Crippen molar-refractivity contribution in [1.29, 1.82) is 0 Å². The van der Waals surface area contributed by atoms with Gasteiger partial charge in [0.1, 0.15) is 0 Å². The Kier molecular flexibility index (Phi) is 14.2. The van der Waals surface area contributed by atoms with Gasteiger partial charge in [-0.25, -0.2) is 0 Å². The number of unbranched alkanes of at least 4 members (excludes halogenated alkanes) is 1. The maximum absolute atomic E-state index is 10.4. The molecule has 0 aliphatic carbocycles. The molecule has 0 radical (unpaired) electrons. The Hall–Kier alpha value is 0.0843. The van der Waals surface area contributed by atoms with Crippen molar-refractivity contribution in [2.24, 2.45) is 0 Å². The molecule has 5 heteroatoms. The summed E-state index contributed by atoms with van der Waals surface area (Å²) in [6.07, 6.45) is 2.04. The molecule has 3 nitrogen and oxygen atoms in total. The van der Waals surface area contributed by atoms with Crippen molar-refractivity contribution >= 4 is 13.3 Å². The first-order valence-electron chi connectivity index (χ1n) is 4.61. The van der Waals surface area contributed by atoms with Gasteiger partial charge in [0, 0.05) is 33.6 Å². The van der Waals surface area contributed by atoms with E-state index < -0.39 is 8.03 Å². The molecule has 84 valence electrons. The average Bonchev–Trinajstić information content (AvgIpc) is 2.21. The maximum atomic E-state index is 10.4. The van der Waals surface area contributed by atoms with E-state index in [2.05, 4.69) is 6.92 Å². The fraction of sp³-hybridized carbons (Fsp3) is 0.400. The van der Waals surface area contributed by atoms with Crippen LogP contribution in [-0.4, -0.2) is 16.6 Å². The minimum atomic E-state index is -2.46. The van der Waals surface area contributed by atoms with Gasteiger partial charge in [0.15, 0.2) is 0 Å². The van der Waals surface area contributed by atoms with Gasteiger partial charge in [-0.1, -0.05) is 31.5 Å². The van der Waals surface area contributed by atoms with E-state index in [1.54, 1.807) is 24.3 Å². The predicted octanol–water partition coefficient (Wildman–Crippen LogP) is 1.56. The van der Waals surface area contributed by atoms with Crippen LogP contribution >= 0.6 is 8.03 Å². The Bertz CT molecular complexity index is 252. The normalized spacial score (nSPS) is 10.6. The second kappa shape index (κ2) is 12.2. The molecule has 0 aliphatic heterocycles. The Labute approximate surface area is 106 Å². The summed E-state index contributed by atoms with van der Waals surface area (Å²) in [6.45, 7) is 2.40. The van der Waals surface area contributed by atoms with E-state index in [1.807, 2.05) is 6.07 Å². The minimum Gasteiger partial charge on any atom is -0.396 e. The van der Waals surface area contributed by atoms with E-state index in [1.165, 1.54) is 0 Å². The summed E-state index contributed by atoms with van der Waals surface area (Å²) in [4.78, 5) is 8.57. The number of aliphatic hydroxyl groups is 1. The molecule has 0 aromatic heterocycles. The summed E-state index contributed by atoms with van der Waals surface area (Å²) >= 11 is 0. The molecule has 0 amide bonds. The van der Waals surface area contributed by atoms with E-state index in [0.29, 0.717) is 11.9 Å². The molecular formula is C10H17O3PTi. The third-order valence-electron chi connectivity index (χ3n) is 1.53. The molecule has 0 spiro atoms. The number of benzene rings is 1. The van der Waals surface area contributed by atoms with E-state index in [-0.39, 0.29) is 21.7 Å². The minimum absolute atomic E-state index is 0. The molecular weight excluding hydrogens is 247 g/mol. The molecule has 1 atom stereocenters. The zero-order valence-corrected chi connectivity index (χ0v) is 11.4. The van der Waals surface area contributed by atoms with Crippen LogP contribution in [0.5, 0.6) is 0 Å². The van der Waals surface area contributed by atoms with Crippen LogP contribution in [-0.2, 0) is 26.3 Å². The van der Waals surface area contributed by atoms with Crippen molar-refractivity contribution in [3.8, 4) is 0 Å². The molecule has 0 saturated heterocycles. The van der Waals surface area contributed by atoms with Crippen molar-refractivity contribution in [3.05, 3.63) is 30.3 Å². The summed E-state index contributed by atoms with van der Waals surface area (Å²) in [7, 11) is -2.46. The third kappa shape index (κ3) is 10.4. The largest absolute Gasteiger partial charge is 0.396 e. The molecule has 0 aliphatic rings. The van der Waals surface area contributed by atoms with Gasteiger partial charge in [-0.2, -0.15) is 0 Å². The molecule has 0 saturated carbocycles. The van der Waals surface area contributed by atoms with E-state index >= 15 is 0 Å². The molecule has 0 fully saturated rings. The van der Waals surface area contributed by atoms with Crippen LogP contribution in [0.2, 0.25) is 0 Å². The molecule has 15 heavy (non-hydrogen) atoms. The predicted molar refractivity (Wildman–Crippen MR) is 59.3 cm³/mol. The Morgan fingerprint density at radius 1 is 1.27 bits per heavy atom. The van der Waals surface area contributed by atoms with Gasteiger partial charge < -0.3 is 10.00 Å². The first-order valence-corrected chi connectivity index (χ1v) is 5.97. The molecule has 1 rings (SSSR count). The van der Waals surface area contributed by atoms with Gasteiger partial charge in [0.25, 0.3) is 0 Å². The molecule has 1 unspecified atom stereocenters. The Balaban J connectivity index is 0. The second-order valence-corrected chi connectivity index (χ2v) is 3.94. The van der Waals surface area contributed by atoms with Crippen LogP contribution in [0.4, 0.5) is 0 Å². The molecule has 0 bridgehead atoms. The number of rotatable bonds is 3. The van der Waals surface area contributed by atoms with Gasteiger partial charge in [0.2, 0.25) is 8.03 Å². The summed E-state index contributed by atoms with van der Waals surface area (Å²) < 4.78 is 10.4. The third-order valence-corrected chi connectivity index (χ3v) is 2.36. The zero-order valence-electron chi connectivity index (χ0n) is 8.81. The van der Waals surface area contributed by atoms with Crippen LogP contribution in [0.25, 0.3) is 0 Å². The number of hydrogen-bond donors (Lipinski definition) is 2. The van der Waals surface area contributed by atoms with Crippen molar-refractivity contribution in [3.63, 3.8) is 0 Å². The Morgan fingerprint density at radius 2 is 1.80 bits per heavy atom. The van der Waals surface area contributed by atoms with Crippen molar-refractivity contribution in [2.45, 2.75) is 19.8 Å². The average molecular weight is 264 g/mol. The Morgan fingerprint density at radius 3 is 2.00 bits per heavy atom. The van der Waals surface area contributed by atoms with Crippen LogP contribution in [0.15, 0.2) is 30.3 Å². The summed E-state index contributed by atoms with van der Waals surface area (Å²) in [5, 5.41) is 8.58. The van der Waals surface area contributed by atoms with Crippen molar-refractivity contribution < 1.29 is 36.3 Å². The fourth-order valence-electron chi connectivity index (χ4n) is 0.739. The van der Waals surface area contributed by atoms with Gasteiger partial charge in [-0.15, -0.1) is 0 Å². The quantitative estimate of drug-likeness (QED) is 0.643. The fourth-order valence-corrected chi connectivity index (χ4v) is 1.22. The monoisotopic (exact) mass is 264 g/mol. The van der Waals surface area contributed by atoms with Gasteiger partial charge in [-0.05, 0) is 18.6 Å². The summed E-state index contributed by atoms with van der Waals surface area (Å²) in [6, 6.07) is 8.58. The summed E-state index contributed by atoms with van der Waals surface area (Å²) in [5.74, 6) is 0. The van der Waals surface area contributed by atoms with E-state index in [0.717, 1.165) is 12.8 Å². The zero-order chi connectivity index (χ0) is 10.8. The topological polar surface area (TPSA) is 57.5 Å². The van der Waals surface area contributed by atoms with Crippen molar-refractivity contribution in [1.82, 2.24) is 0 Å². The summed E-state index contributed by atoms with van der Waals surface area (Å²) in [5.41, 5.74) is 0. The van der Waals surface area contributed by atoms with E-state index in [9.17, 15) is 4.57 Å². The first-order chi connectivity index (χ1) is 6.72. The molecule has 2 N–H and O–H groups in total. The second-order valence-electron chi connectivity index (χ2n) is 2.75. The van der Waals surface area contributed by atoms with Crippen LogP contribution < -0.4 is 5.30 Å². The first kappa shape index (κ1) is 17.5. The van der Waals surface area contributed by atoms with Crippen LogP contribution in [0.1, 0.15) is 19.8 Å². The SMILES string of the molecule is CCCCO.O=[PH](O)c1ccccc1.[Ti]. The van der Waals surface area contributed by atoms with Gasteiger partial charge >= 0.3 is 0 Å². The maximum Gasteiger partial charge on any atom is 0.218 e.